The number of pyridine rings is 1. The van der Waals surface area contributed by atoms with Crippen LogP contribution in [-0.4, -0.2) is 19.2 Å². The van der Waals surface area contributed by atoms with Crippen LogP contribution in [0, 0.1) is 0 Å². The maximum atomic E-state index is 12.4. The minimum atomic E-state index is -3.73. The summed E-state index contributed by atoms with van der Waals surface area (Å²) in [6.07, 6.45) is 4.79. The molecular formula is C18H16N2O4S. The lowest BCUT2D eigenvalue weighted by molar-refractivity contribution is 0.101. The van der Waals surface area contributed by atoms with Crippen LogP contribution in [0.5, 0.6) is 0 Å². The number of aromatic nitrogens is 1. The summed E-state index contributed by atoms with van der Waals surface area (Å²) >= 11 is 0. The Labute approximate surface area is 145 Å². The van der Waals surface area contributed by atoms with Crippen LogP contribution in [0.1, 0.15) is 22.8 Å². The topological polar surface area (TPSA) is 89.3 Å². The van der Waals surface area contributed by atoms with Gasteiger partial charge in [0.1, 0.15) is 5.76 Å². The van der Waals surface area contributed by atoms with Gasteiger partial charge in [-0.2, -0.15) is 0 Å². The molecule has 0 fully saturated rings. The van der Waals surface area contributed by atoms with Crippen molar-refractivity contribution in [2.45, 2.75) is 18.4 Å². The molecule has 0 spiro atoms. The van der Waals surface area contributed by atoms with E-state index in [2.05, 4.69) is 9.71 Å². The third kappa shape index (κ3) is 4.01. The first-order valence-corrected chi connectivity index (χ1v) is 9.02. The Balaban J connectivity index is 1.78. The van der Waals surface area contributed by atoms with E-state index in [1.54, 1.807) is 49.0 Å². The zero-order chi connectivity index (χ0) is 17.9. The van der Waals surface area contributed by atoms with E-state index < -0.39 is 10.0 Å². The average Bonchev–Trinajstić information content (AvgIpc) is 3.15. The fraction of sp³-hybridized carbons (Fsp3) is 0.111. The van der Waals surface area contributed by atoms with Crippen molar-refractivity contribution < 1.29 is 17.6 Å². The van der Waals surface area contributed by atoms with Gasteiger partial charge in [0.05, 0.1) is 11.2 Å². The van der Waals surface area contributed by atoms with Gasteiger partial charge in [-0.05, 0) is 42.8 Å². The molecule has 1 N–H and O–H groups in total. The number of benzene rings is 1. The Hall–Kier alpha value is -2.77. The Bertz CT molecular complexity index is 995. The third-order valence-corrected chi connectivity index (χ3v) is 5.02. The molecule has 7 heteroatoms. The van der Waals surface area contributed by atoms with E-state index in [0.717, 1.165) is 5.56 Å². The van der Waals surface area contributed by atoms with E-state index in [4.69, 9.17) is 4.42 Å². The highest BCUT2D eigenvalue weighted by atomic mass is 32.2. The van der Waals surface area contributed by atoms with Crippen molar-refractivity contribution in [3.63, 3.8) is 0 Å². The molecule has 0 saturated heterocycles. The highest BCUT2D eigenvalue weighted by Crippen LogP contribution is 2.20. The van der Waals surface area contributed by atoms with E-state index in [0.29, 0.717) is 16.9 Å². The van der Waals surface area contributed by atoms with E-state index in [9.17, 15) is 13.2 Å². The summed E-state index contributed by atoms with van der Waals surface area (Å²) in [6.45, 7) is 1.47. The lowest BCUT2D eigenvalue weighted by atomic mass is 10.2. The number of carbonyl (C=O) groups excluding carboxylic acids is 1. The molecule has 0 amide bonds. The maximum Gasteiger partial charge on any atom is 0.240 e. The smallest absolute Gasteiger partial charge is 0.240 e. The van der Waals surface area contributed by atoms with Gasteiger partial charge in [-0.1, -0.05) is 12.1 Å². The summed E-state index contributed by atoms with van der Waals surface area (Å²) in [5, 5.41) is 0. The van der Waals surface area contributed by atoms with Crippen LogP contribution >= 0.6 is 0 Å². The standard InChI is InChI=1S/C18H16N2O4S/c1-13(21)15-4-2-5-17(9-15)25(22,23)20-11-14-8-16(12-19-10-14)18-6-3-7-24-18/h2-10,12,20H,11H2,1H3. The first-order chi connectivity index (χ1) is 12.0. The molecule has 128 valence electrons. The number of ketones is 1. The highest BCUT2D eigenvalue weighted by Gasteiger charge is 2.15. The number of sulfonamides is 1. The van der Waals surface area contributed by atoms with Crippen LogP contribution in [0.15, 0.2) is 70.4 Å². The first-order valence-electron chi connectivity index (χ1n) is 7.54. The van der Waals surface area contributed by atoms with Gasteiger partial charge >= 0.3 is 0 Å². The molecule has 0 unspecified atom stereocenters. The molecule has 6 nitrogen and oxygen atoms in total. The summed E-state index contributed by atoms with van der Waals surface area (Å²) in [7, 11) is -3.73. The quantitative estimate of drug-likeness (QED) is 0.686. The van der Waals surface area contributed by atoms with Gasteiger partial charge in [0, 0.05) is 30.1 Å². The van der Waals surface area contributed by atoms with E-state index in [1.165, 1.54) is 19.1 Å². The number of carbonyl (C=O) groups is 1. The lowest BCUT2D eigenvalue weighted by Crippen LogP contribution is -2.23. The second-order valence-corrected chi connectivity index (χ2v) is 7.23. The van der Waals surface area contributed by atoms with Crippen molar-refractivity contribution in [1.29, 1.82) is 0 Å². The highest BCUT2D eigenvalue weighted by molar-refractivity contribution is 7.89. The van der Waals surface area contributed by atoms with Gasteiger partial charge in [0.15, 0.2) is 5.78 Å². The minimum Gasteiger partial charge on any atom is -0.464 e. The summed E-state index contributed by atoms with van der Waals surface area (Å²) < 4.78 is 32.7. The largest absolute Gasteiger partial charge is 0.464 e. The number of furan rings is 1. The van der Waals surface area contributed by atoms with Crippen LogP contribution in [0.4, 0.5) is 0 Å². The summed E-state index contributed by atoms with van der Waals surface area (Å²) in [4.78, 5) is 15.6. The Morgan fingerprint density at radius 2 is 2.00 bits per heavy atom. The fourth-order valence-electron chi connectivity index (χ4n) is 2.31. The number of hydrogen-bond acceptors (Lipinski definition) is 5. The van der Waals surface area contributed by atoms with Crippen LogP contribution in [0.25, 0.3) is 11.3 Å². The Kier molecular flexibility index (Phi) is 4.78. The third-order valence-electron chi connectivity index (χ3n) is 3.62. The van der Waals surface area contributed by atoms with Gasteiger partial charge in [-0.15, -0.1) is 0 Å². The number of rotatable bonds is 6. The second kappa shape index (κ2) is 7.00. The van der Waals surface area contributed by atoms with Crippen molar-refractivity contribution in [1.82, 2.24) is 9.71 Å². The van der Waals surface area contributed by atoms with Gasteiger partial charge < -0.3 is 4.42 Å². The molecule has 3 aromatic rings. The maximum absolute atomic E-state index is 12.4. The molecular weight excluding hydrogens is 340 g/mol. The Morgan fingerprint density at radius 3 is 2.72 bits per heavy atom. The van der Waals surface area contributed by atoms with Gasteiger partial charge in [-0.3, -0.25) is 9.78 Å². The van der Waals surface area contributed by atoms with Gasteiger partial charge in [-0.25, -0.2) is 13.1 Å². The van der Waals surface area contributed by atoms with Gasteiger partial charge in [0.2, 0.25) is 10.0 Å². The molecule has 2 heterocycles. The van der Waals surface area contributed by atoms with Crippen LogP contribution in [0.3, 0.4) is 0 Å². The summed E-state index contributed by atoms with van der Waals surface area (Å²) in [6, 6.07) is 11.3. The normalized spacial score (nSPS) is 11.4. The zero-order valence-corrected chi connectivity index (χ0v) is 14.3. The second-order valence-electron chi connectivity index (χ2n) is 5.47. The molecule has 1 aromatic carbocycles. The number of nitrogens with one attached hydrogen (secondary N) is 1. The number of Topliss-reactive ketones (excluding diaryl/α,β-unsaturated/α-hetero) is 1. The van der Waals surface area contributed by atoms with Crippen LogP contribution in [-0.2, 0) is 16.6 Å². The van der Waals surface area contributed by atoms with Crippen molar-refractivity contribution in [3.8, 4) is 11.3 Å². The number of nitrogens with zero attached hydrogens (tertiary/aromatic N) is 1. The predicted molar refractivity (Wildman–Crippen MR) is 92.4 cm³/mol. The average molecular weight is 356 g/mol. The number of hydrogen-bond donors (Lipinski definition) is 1. The molecule has 0 aliphatic carbocycles. The van der Waals surface area contributed by atoms with E-state index in [1.807, 2.05) is 0 Å². The first kappa shape index (κ1) is 17.1. The fourth-order valence-corrected chi connectivity index (χ4v) is 3.37. The Morgan fingerprint density at radius 1 is 1.16 bits per heavy atom. The van der Waals surface area contributed by atoms with Crippen LogP contribution < -0.4 is 4.72 Å². The molecule has 0 radical (unpaired) electrons. The molecule has 3 rings (SSSR count). The molecule has 0 bridgehead atoms. The summed E-state index contributed by atoms with van der Waals surface area (Å²) in [5.41, 5.74) is 1.81. The molecule has 0 atom stereocenters. The molecule has 25 heavy (non-hydrogen) atoms. The van der Waals surface area contributed by atoms with Crippen molar-refractivity contribution >= 4 is 15.8 Å². The van der Waals surface area contributed by atoms with Crippen molar-refractivity contribution in [2.24, 2.45) is 0 Å². The van der Waals surface area contributed by atoms with Gasteiger partial charge in [0.25, 0.3) is 0 Å². The molecule has 2 aromatic heterocycles. The van der Waals surface area contributed by atoms with Crippen molar-refractivity contribution in [2.75, 3.05) is 0 Å². The van der Waals surface area contributed by atoms with E-state index >= 15 is 0 Å². The SMILES string of the molecule is CC(=O)c1cccc(S(=O)(=O)NCc2cncc(-c3ccco3)c2)c1. The van der Waals surface area contributed by atoms with Crippen LogP contribution in [0.2, 0.25) is 0 Å². The van der Waals surface area contributed by atoms with E-state index in [-0.39, 0.29) is 17.2 Å². The molecule has 0 aliphatic rings. The monoisotopic (exact) mass is 356 g/mol. The zero-order valence-electron chi connectivity index (χ0n) is 13.5. The lowest BCUT2D eigenvalue weighted by Gasteiger charge is -2.08. The predicted octanol–water partition coefficient (Wildman–Crippen LogP) is 3.02. The summed E-state index contributed by atoms with van der Waals surface area (Å²) in [5.74, 6) is 0.471. The van der Waals surface area contributed by atoms with Crippen molar-refractivity contribution in [3.05, 3.63) is 72.2 Å². The minimum absolute atomic E-state index is 0.0512. The molecule has 0 saturated carbocycles. The molecule has 0 aliphatic heterocycles.